The van der Waals surface area contributed by atoms with E-state index in [1.165, 1.54) is 18.2 Å². The third-order valence-electron chi connectivity index (χ3n) is 5.25. The normalized spacial score (nSPS) is 12.6. The Hall–Kier alpha value is -3.69. The Bertz CT molecular complexity index is 1410. The van der Waals surface area contributed by atoms with Crippen LogP contribution in [0.2, 0.25) is 0 Å². The third-order valence-corrected chi connectivity index (χ3v) is 6.72. The molecule has 1 amide bonds. The Morgan fingerprint density at radius 1 is 0.909 bits per heavy atom. The Labute approximate surface area is 190 Å². The minimum atomic E-state index is -4.15. The summed E-state index contributed by atoms with van der Waals surface area (Å²) in [5.41, 5.74) is 2.06. The van der Waals surface area contributed by atoms with Gasteiger partial charge in [0, 0.05) is 23.7 Å². The van der Waals surface area contributed by atoms with Crippen LogP contribution in [0.25, 0.3) is 21.9 Å². The first-order valence-electron chi connectivity index (χ1n) is 10.3. The zero-order valence-electron chi connectivity index (χ0n) is 17.5. The average Bonchev–Trinajstić information content (AvgIpc) is 3.19. The van der Waals surface area contributed by atoms with Crippen molar-refractivity contribution in [1.29, 1.82) is 0 Å². The lowest BCUT2D eigenvalue weighted by molar-refractivity contribution is -0.139. The molecule has 1 heterocycles. The lowest BCUT2D eigenvalue weighted by Crippen LogP contribution is -2.41. The molecule has 0 fully saturated rings. The largest absolute Gasteiger partial charge is 0.480 e. The Morgan fingerprint density at radius 3 is 2.36 bits per heavy atom. The van der Waals surface area contributed by atoms with Gasteiger partial charge in [0.25, 0.3) is 0 Å². The summed E-state index contributed by atoms with van der Waals surface area (Å²) in [6.45, 7) is 0.307. The van der Waals surface area contributed by atoms with Crippen LogP contribution < -0.4 is 10.0 Å². The highest BCUT2D eigenvalue weighted by Gasteiger charge is 2.26. The summed E-state index contributed by atoms with van der Waals surface area (Å²) in [4.78, 5) is 23.7. The maximum absolute atomic E-state index is 12.9. The quantitative estimate of drug-likeness (QED) is 0.347. The molecule has 1 aromatic heterocycles. The molecule has 0 spiro atoms. The number of amides is 1. The average molecular weight is 467 g/mol. The van der Waals surface area contributed by atoms with Crippen molar-refractivity contribution in [2.75, 3.05) is 0 Å². The molecule has 170 valence electrons. The summed E-state index contributed by atoms with van der Waals surface area (Å²) >= 11 is 0. The zero-order chi connectivity index (χ0) is 23.4. The number of furan rings is 1. The first-order chi connectivity index (χ1) is 15.8. The molecule has 0 saturated carbocycles. The van der Waals surface area contributed by atoms with E-state index in [4.69, 9.17) is 4.42 Å². The second-order valence-corrected chi connectivity index (χ2v) is 9.28. The number of nitrogens with one attached hydrogen (secondary N) is 2. The van der Waals surface area contributed by atoms with E-state index in [0.717, 1.165) is 10.9 Å². The molecule has 1 unspecified atom stereocenters. The Kier molecular flexibility index (Phi) is 6.43. The number of hydrogen-bond donors (Lipinski definition) is 3. The molecule has 33 heavy (non-hydrogen) atoms. The van der Waals surface area contributed by atoms with E-state index in [1.807, 2.05) is 48.5 Å². The molecule has 3 aromatic carbocycles. The second-order valence-electron chi connectivity index (χ2n) is 7.57. The van der Waals surface area contributed by atoms with Crippen LogP contribution >= 0.6 is 0 Å². The van der Waals surface area contributed by atoms with Crippen molar-refractivity contribution >= 4 is 43.8 Å². The molecule has 1 atom stereocenters. The molecule has 0 saturated heterocycles. The van der Waals surface area contributed by atoms with E-state index >= 15 is 0 Å². The van der Waals surface area contributed by atoms with Gasteiger partial charge in [0.2, 0.25) is 15.9 Å². The first kappa shape index (κ1) is 22.5. The van der Waals surface area contributed by atoms with Gasteiger partial charge in [-0.05, 0) is 36.2 Å². The molecular weight excluding hydrogens is 444 g/mol. The summed E-state index contributed by atoms with van der Waals surface area (Å²) in [7, 11) is -4.15. The van der Waals surface area contributed by atoms with Crippen LogP contribution in [0.4, 0.5) is 0 Å². The molecular formula is C24H22N2O6S. The highest BCUT2D eigenvalue weighted by Crippen LogP contribution is 2.30. The van der Waals surface area contributed by atoms with Crippen LogP contribution in [0.5, 0.6) is 0 Å². The van der Waals surface area contributed by atoms with Crippen molar-refractivity contribution in [2.24, 2.45) is 0 Å². The smallest absolute Gasteiger partial charge is 0.321 e. The van der Waals surface area contributed by atoms with E-state index in [-0.39, 0.29) is 23.6 Å². The molecule has 8 nitrogen and oxygen atoms in total. The number of hydrogen-bond acceptors (Lipinski definition) is 5. The molecule has 0 radical (unpaired) electrons. The number of rotatable bonds is 9. The molecule has 0 aliphatic carbocycles. The molecule has 0 aliphatic rings. The molecule has 0 aliphatic heterocycles. The van der Waals surface area contributed by atoms with Crippen LogP contribution in [0.1, 0.15) is 18.4 Å². The number of carbonyl (C=O) groups excluding carboxylic acids is 1. The predicted octanol–water partition coefficient (Wildman–Crippen LogP) is 3.41. The maximum Gasteiger partial charge on any atom is 0.321 e. The molecule has 9 heteroatoms. The van der Waals surface area contributed by atoms with Gasteiger partial charge in [-0.3, -0.25) is 9.59 Å². The number of sulfonamides is 1. The van der Waals surface area contributed by atoms with Gasteiger partial charge in [-0.1, -0.05) is 48.5 Å². The van der Waals surface area contributed by atoms with E-state index < -0.39 is 22.0 Å². The van der Waals surface area contributed by atoms with E-state index in [2.05, 4.69) is 10.0 Å². The number of para-hydroxylation sites is 1. The summed E-state index contributed by atoms with van der Waals surface area (Å²) in [6.07, 6.45) is -0.330. The van der Waals surface area contributed by atoms with Crippen molar-refractivity contribution < 1.29 is 27.5 Å². The van der Waals surface area contributed by atoms with Gasteiger partial charge in [0.15, 0.2) is 0 Å². The minimum Gasteiger partial charge on any atom is -0.480 e. The zero-order valence-corrected chi connectivity index (χ0v) is 18.3. The lowest BCUT2D eigenvalue weighted by Gasteiger charge is -2.15. The minimum absolute atomic E-state index is 0.0821. The summed E-state index contributed by atoms with van der Waals surface area (Å²) in [6, 6.07) is 19.4. The van der Waals surface area contributed by atoms with E-state index in [9.17, 15) is 23.1 Å². The summed E-state index contributed by atoms with van der Waals surface area (Å²) in [5.74, 6) is -1.72. The van der Waals surface area contributed by atoms with Crippen LogP contribution in [0, 0.1) is 0 Å². The highest BCUT2D eigenvalue weighted by atomic mass is 32.2. The number of carboxylic acid groups (broad SMARTS) is 1. The third kappa shape index (κ3) is 5.21. The van der Waals surface area contributed by atoms with Gasteiger partial charge in [0.05, 0.1) is 4.90 Å². The molecule has 0 bridgehead atoms. The standard InChI is InChI=1S/C24H22N2O6S/c27-23(25-15-16-6-2-1-3-7-16)13-11-20(24(28)29)26-33(30,31)17-10-12-22-19(14-17)18-8-4-5-9-21(18)32-22/h1-10,12,14,20,26H,11,13,15H2,(H,25,27)(H,28,29). The monoisotopic (exact) mass is 466 g/mol. The van der Waals surface area contributed by atoms with Crippen LogP contribution in [-0.2, 0) is 26.2 Å². The van der Waals surface area contributed by atoms with Crippen LogP contribution in [0.3, 0.4) is 0 Å². The van der Waals surface area contributed by atoms with Crippen molar-refractivity contribution in [3.63, 3.8) is 0 Å². The summed E-state index contributed by atoms with van der Waals surface area (Å²) < 4.78 is 33.7. The topological polar surface area (TPSA) is 126 Å². The van der Waals surface area contributed by atoms with Crippen molar-refractivity contribution in [3.8, 4) is 0 Å². The van der Waals surface area contributed by atoms with Crippen molar-refractivity contribution in [1.82, 2.24) is 10.0 Å². The molecule has 4 rings (SSSR count). The number of fused-ring (bicyclic) bond motifs is 3. The van der Waals surface area contributed by atoms with E-state index in [0.29, 0.717) is 23.1 Å². The van der Waals surface area contributed by atoms with Gasteiger partial charge < -0.3 is 14.8 Å². The lowest BCUT2D eigenvalue weighted by atomic mass is 10.1. The fourth-order valence-electron chi connectivity index (χ4n) is 3.52. The van der Waals surface area contributed by atoms with Crippen molar-refractivity contribution in [3.05, 3.63) is 78.4 Å². The summed E-state index contributed by atoms with van der Waals surface area (Å²) in [5, 5.41) is 13.6. The molecule has 4 aromatic rings. The fourth-order valence-corrected chi connectivity index (χ4v) is 4.77. The Morgan fingerprint density at radius 2 is 1.61 bits per heavy atom. The van der Waals surface area contributed by atoms with Gasteiger partial charge in [0.1, 0.15) is 17.2 Å². The van der Waals surface area contributed by atoms with Crippen LogP contribution in [0.15, 0.2) is 82.1 Å². The molecule has 3 N–H and O–H groups in total. The Balaban J connectivity index is 1.45. The number of carbonyl (C=O) groups is 2. The van der Waals surface area contributed by atoms with Gasteiger partial charge in [-0.2, -0.15) is 4.72 Å². The maximum atomic E-state index is 12.9. The van der Waals surface area contributed by atoms with Crippen LogP contribution in [-0.4, -0.2) is 31.4 Å². The predicted molar refractivity (Wildman–Crippen MR) is 123 cm³/mol. The number of aliphatic carboxylic acids is 1. The first-order valence-corrected chi connectivity index (χ1v) is 11.8. The SMILES string of the molecule is O=C(CCC(NS(=O)(=O)c1ccc2oc3ccccc3c2c1)C(=O)O)NCc1ccccc1. The number of benzene rings is 3. The van der Waals surface area contributed by atoms with E-state index in [1.54, 1.807) is 6.07 Å². The van der Waals surface area contributed by atoms with Gasteiger partial charge in [-0.25, -0.2) is 8.42 Å². The van der Waals surface area contributed by atoms with Gasteiger partial charge >= 0.3 is 5.97 Å². The second kappa shape index (κ2) is 9.43. The highest BCUT2D eigenvalue weighted by molar-refractivity contribution is 7.89. The fraction of sp³-hybridized carbons (Fsp3) is 0.167. The van der Waals surface area contributed by atoms with Crippen molar-refractivity contribution in [2.45, 2.75) is 30.3 Å². The van der Waals surface area contributed by atoms with Gasteiger partial charge in [-0.15, -0.1) is 0 Å². The number of carboxylic acids is 1.